The second-order valence-electron chi connectivity index (χ2n) is 10.3. The molecule has 1 aliphatic carbocycles. The molecule has 0 aliphatic heterocycles. The lowest BCUT2D eigenvalue weighted by atomic mass is 10.1. The summed E-state index contributed by atoms with van der Waals surface area (Å²) in [6, 6.07) is 21.1. The highest BCUT2D eigenvalue weighted by Gasteiger charge is 2.34. The highest BCUT2D eigenvalue weighted by Crippen LogP contribution is 2.27. The van der Waals surface area contributed by atoms with Crippen molar-refractivity contribution in [3.63, 3.8) is 0 Å². The van der Waals surface area contributed by atoms with Gasteiger partial charge in [-0.25, -0.2) is 8.42 Å². The Morgan fingerprint density at radius 3 is 2.19 bits per heavy atom. The number of methoxy groups -OCH3 is 2. The van der Waals surface area contributed by atoms with Crippen molar-refractivity contribution in [1.29, 1.82) is 0 Å². The summed E-state index contributed by atoms with van der Waals surface area (Å²) in [5.41, 5.74) is 1.06. The predicted molar refractivity (Wildman–Crippen MR) is 162 cm³/mol. The van der Waals surface area contributed by atoms with E-state index in [1.165, 1.54) is 24.1 Å². The van der Waals surface area contributed by atoms with Crippen LogP contribution in [0.3, 0.4) is 0 Å². The molecule has 0 bridgehead atoms. The molecule has 1 N–H and O–H groups in total. The van der Waals surface area contributed by atoms with E-state index >= 15 is 0 Å². The normalized spacial score (nSPS) is 14.2. The van der Waals surface area contributed by atoms with Crippen LogP contribution in [0.1, 0.15) is 44.6 Å². The second kappa shape index (κ2) is 14.2. The topological polar surface area (TPSA) is 105 Å². The lowest BCUT2D eigenvalue weighted by molar-refractivity contribution is -0.140. The lowest BCUT2D eigenvalue weighted by Crippen LogP contribution is -2.53. The van der Waals surface area contributed by atoms with E-state index in [4.69, 9.17) is 9.47 Å². The molecular formula is C32H39N3O6S. The molecule has 42 heavy (non-hydrogen) atoms. The van der Waals surface area contributed by atoms with E-state index in [9.17, 15) is 18.0 Å². The van der Waals surface area contributed by atoms with Crippen molar-refractivity contribution in [2.24, 2.45) is 0 Å². The predicted octanol–water partition coefficient (Wildman–Crippen LogP) is 4.77. The smallest absolute Gasteiger partial charge is 0.264 e. The van der Waals surface area contributed by atoms with Crippen molar-refractivity contribution in [3.8, 4) is 11.5 Å². The van der Waals surface area contributed by atoms with Crippen molar-refractivity contribution in [2.45, 2.75) is 62.6 Å². The maximum atomic E-state index is 14.2. The summed E-state index contributed by atoms with van der Waals surface area (Å²) in [7, 11) is -1.05. The lowest BCUT2D eigenvalue weighted by Gasteiger charge is -2.34. The molecule has 2 amide bonds. The van der Waals surface area contributed by atoms with Gasteiger partial charge >= 0.3 is 0 Å². The van der Waals surface area contributed by atoms with Crippen LogP contribution in [-0.2, 0) is 26.2 Å². The van der Waals surface area contributed by atoms with Crippen molar-refractivity contribution >= 4 is 27.5 Å². The molecule has 1 saturated carbocycles. The van der Waals surface area contributed by atoms with Crippen molar-refractivity contribution in [2.75, 3.05) is 25.1 Å². The Labute approximate surface area is 248 Å². The van der Waals surface area contributed by atoms with Gasteiger partial charge in [-0.15, -0.1) is 0 Å². The number of hydrogen-bond acceptors (Lipinski definition) is 6. The molecule has 4 rings (SSSR count). The van der Waals surface area contributed by atoms with Crippen LogP contribution in [0.2, 0.25) is 0 Å². The minimum Gasteiger partial charge on any atom is -0.497 e. The van der Waals surface area contributed by atoms with E-state index in [1.54, 1.807) is 55.6 Å². The summed E-state index contributed by atoms with van der Waals surface area (Å²) < 4.78 is 39.6. The maximum Gasteiger partial charge on any atom is 0.264 e. The number of carbonyl (C=O) groups excluding carboxylic acids is 2. The molecule has 0 unspecified atom stereocenters. The van der Waals surface area contributed by atoms with Gasteiger partial charge in [0, 0.05) is 12.6 Å². The highest BCUT2D eigenvalue weighted by molar-refractivity contribution is 7.92. The van der Waals surface area contributed by atoms with Gasteiger partial charge in [0.2, 0.25) is 11.8 Å². The fourth-order valence-electron chi connectivity index (χ4n) is 5.25. The number of sulfonamides is 1. The van der Waals surface area contributed by atoms with Gasteiger partial charge in [0.1, 0.15) is 24.1 Å². The zero-order valence-electron chi connectivity index (χ0n) is 24.4. The summed E-state index contributed by atoms with van der Waals surface area (Å²) in [6.45, 7) is 1.46. The molecule has 3 aromatic carbocycles. The molecular weight excluding hydrogens is 554 g/mol. The minimum absolute atomic E-state index is 0.0546. The van der Waals surface area contributed by atoms with Gasteiger partial charge in [-0.2, -0.15) is 0 Å². The van der Waals surface area contributed by atoms with E-state index in [1.807, 2.05) is 25.1 Å². The van der Waals surface area contributed by atoms with Crippen LogP contribution in [0.25, 0.3) is 0 Å². The van der Waals surface area contributed by atoms with E-state index < -0.39 is 28.5 Å². The van der Waals surface area contributed by atoms with Crippen LogP contribution in [0.5, 0.6) is 11.5 Å². The highest BCUT2D eigenvalue weighted by atomic mass is 32.2. The number of benzene rings is 3. The molecule has 1 aliphatic rings. The van der Waals surface area contributed by atoms with E-state index in [0.717, 1.165) is 35.6 Å². The maximum absolute atomic E-state index is 14.2. The van der Waals surface area contributed by atoms with Gasteiger partial charge in [0.25, 0.3) is 10.0 Å². The molecule has 3 aromatic rings. The monoisotopic (exact) mass is 593 g/mol. The minimum atomic E-state index is -4.13. The summed E-state index contributed by atoms with van der Waals surface area (Å²) in [5, 5.41) is 3.12. The fraction of sp³-hybridized carbons (Fsp3) is 0.375. The average Bonchev–Trinajstić information content (AvgIpc) is 3.53. The first-order chi connectivity index (χ1) is 20.3. The average molecular weight is 594 g/mol. The Morgan fingerprint density at radius 1 is 0.905 bits per heavy atom. The Hall–Kier alpha value is -4.05. The number of anilines is 1. The molecule has 0 radical (unpaired) electrons. The Kier molecular flexibility index (Phi) is 10.5. The molecule has 0 saturated heterocycles. The zero-order valence-corrected chi connectivity index (χ0v) is 25.2. The quantitative estimate of drug-likeness (QED) is 0.306. The van der Waals surface area contributed by atoms with E-state index in [2.05, 4.69) is 5.32 Å². The van der Waals surface area contributed by atoms with Gasteiger partial charge < -0.3 is 19.7 Å². The van der Waals surface area contributed by atoms with Crippen molar-refractivity contribution < 1.29 is 27.5 Å². The van der Waals surface area contributed by atoms with Crippen molar-refractivity contribution in [1.82, 2.24) is 10.2 Å². The number of amides is 2. The Bertz CT molecular complexity index is 1440. The van der Waals surface area contributed by atoms with Crippen LogP contribution in [0.15, 0.2) is 83.8 Å². The largest absolute Gasteiger partial charge is 0.497 e. The first-order valence-corrected chi connectivity index (χ1v) is 15.7. The number of hydrogen-bond donors (Lipinski definition) is 1. The second-order valence-corrected chi connectivity index (χ2v) is 12.2. The number of nitrogens with one attached hydrogen (secondary N) is 1. The number of nitrogens with zero attached hydrogens (tertiary/aromatic N) is 2. The molecule has 0 heterocycles. The zero-order chi connectivity index (χ0) is 30.1. The third-order valence-corrected chi connectivity index (χ3v) is 9.33. The summed E-state index contributed by atoms with van der Waals surface area (Å²) in [5.74, 6) is 0.440. The van der Waals surface area contributed by atoms with Crippen LogP contribution < -0.4 is 19.1 Å². The number of ether oxygens (including phenoxy) is 2. The van der Waals surface area contributed by atoms with Gasteiger partial charge in [0.15, 0.2) is 0 Å². The molecule has 224 valence electrons. The first-order valence-electron chi connectivity index (χ1n) is 14.2. The molecule has 1 fully saturated rings. The van der Waals surface area contributed by atoms with Gasteiger partial charge in [-0.3, -0.25) is 13.9 Å². The standard InChI is InChI=1S/C32H39N3O6S/c1-4-30(32(37)33-25-12-8-9-13-25)34(22-24-11-10-14-28(21-24)41-3)31(36)23-35(26-17-19-27(40-2)20-18-26)42(38,39)29-15-6-5-7-16-29/h5-7,10-11,14-21,25,30H,4,8-9,12-13,22-23H2,1-3H3,(H,33,37)/t30-/m1/s1. The van der Waals surface area contributed by atoms with Gasteiger partial charge in [0.05, 0.1) is 24.8 Å². The Balaban J connectivity index is 1.71. The first kappa shape index (κ1) is 30.9. The fourth-order valence-corrected chi connectivity index (χ4v) is 6.69. The summed E-state index contributed by atoms with van der Waals surface area (Å²) >= 11 is 0. The molecule has 0 aromatic heterocycles. The molecule has 1 atom stereocenters. The third kappa shape index (κ3) is 7.42. The number of rotatable bonds is 13. The van der Waals surface area contributed by atoms with Crippen LogP contribution >= 0.6 is 0 Å². The van der Waals surface area contributed by atoms with E-state index in [-0.39, 0.29) is 23.4 Å². The SMILES string of the molecule is CC[C@H](C(=O)NC1CCCC1)N(Cc1cccc(OC)c1)C(=O)CN(c1ccc(OC)cc1)S(=O)(=O)c1ccccc1. The summed E-state index contributed by atoms with van der Waals surface area (Å²) in [6.07, 6.45) is 4.30. The molecule has 10 heteroatoms. The number of carbonyl (C=O) groups is 2. The van der Waals surface area contributed by atoms with Crippen molar-refractivity contribution in [3.05, 3.63) is 84.4 Å². The van der Waals surface area contributed by atoms with Crippen LogP contribution in [0.4, 0.5) is 5.69 Å². The Morgan fingerprint density at radius 2 is 1.57 bits per heavy atom. The molecule has 9 nitrogen and oxygen atoms in total. The molecule has 0 spiro atoms. The van der Waals surface area contributed by atoms with E-state index in [0.29, 0.717) is 23.6 Å². The third-order valence-electron chi connectivity index (χ3n) is 7.55. The van der Waals surface area contributed by atoms with Crippen LogP contribution in [-0.4, -0.2) is 58.0 Å². The summed E-state index contributed by atoms with van der Waals surface area (Å²) in [4.78, 5) is 29.3. The van der Waals surface area contributed by atoms with Gasteiger partial charge in [-0.1, -0.05) is 50.1 Å². The van der Waals surface area contributed by atoms with Gasteiger partial charge in [-0.05, 0) is 73.4 Å². The van der Waals surface area contributed by atoms with Crippen LogP contribution in [0, 0.1) is 0 Å².